The summed E-state index contributed by atoms with van der Waals surface area (Å²) in [6.45, 7) is 1.99. The Labute approximate surface area is 204 Å². The predicted octanol–water partition coefficient (Wildman–Crippen LogP) is 5.65. The molecule has 0 radical (unpaired) electrons. The first kappa shape index (κ1) is 22.3. The van der Waals surface area contributed by atoms with Crippen molar-refractivity contribution in [2.75, 3.05) is 0 Å². The second-order valence-corrected chi connectivity index (χ2v) is 8.93. The number of H-pyrrole nitrogens is 1. The first-order valence-corrected chi connectivity index (χ1v) is 11.5. The highest BCUT2D eigenvalue weighted by Gasteiger charge is 2.16. The fourth-order valence-electron chi connectivity index (χ4n) is 3.55. The first-order chi connectivity index (χ1) is 17.0. The van der Waals surface area contributed by atoms with Gasteiger partial charge in [-0.25, -0.2) is 9.67 Å². The molecule has 0 saturated carbocycles. The highest BCUT2D eigenvalue weighted by Crippen LogP contribution is 2.35. The number of benzene rings is 3. The molecule has 3 aromatic carbocycles. The Bertz CT molecular complexity index is 1620. The van der Waals surface area contributed by atoms with Crippen LogP contribution < -0.4 is 5.56 Å². The van der Waals surface area contributed by atoms with E-state index in [1.165, 1.54) is 24.0 Å². The van der Waals surface area contributed by atoms with Crippen molar-refractivity contribution in [3.8, 4) is 5.69 Å². The minimum absolute atomic E-state index is 0.0109. The summed E-state index contributed by atoms with van der Waals surface area (Å²) >= 11 is 1.34. The zero-order valence-electron chi connectivity index (χ0n) is 18.6. The number of nitrogens with zero attached hydrogens (tertiary/aromatic N) is 4. The van der Waals surface area contributed by atoms with Crippen molar-refractivity contribution >= 4 is 40.6 Å². The summed E-state index contributed by atoms with van der Waals surface area (Å²) in [6.07, 6.45) is 4.78. The normalized spacial score (nSPS) is 11.3. The van der Waals surface area contributed by atoms with Gasteiger partial charge in [0.05, 0.1) is 21.7 Å². The fraction of sp³-hybridized carbons (Fsp3) is 0.0385. The van der Waals surface area contributed by atoms with Crippen molar-refractivity contribution in [2.45, 2.75) is 16.7 Å². The molecule has 0 aliphatic carbocycles. The molecule has 0 fully saturated rings. The topological polar surface area (TPSA) is 107 Å². The van der Waals surface area contributed by atoms with Crippen molar-refractivity contribution in [3.63, 3.8) is 0 Å². The Morgan fingerprint density at radius 2 is 1.80 bits per heavy atom. The van der Waals surface area contributed by atoms with Crippen LogP contribution >= 0.6 is 11.8 Å². The molecule has 1 N–H and O–H groups in total. The van der Waals surface area contributed by atoms with Crippen LogP contribution in [-0.4, -0.2) is 24.7 Å². The van der Waals surface area contributed by atoms with Gasteiger partial charge >= 0.3 is 0 Å². The molecule has 0 amide bonds. The molecular formula is C26H19N5O3S. The molecule has 0 spiro atoms. The zero-order valence-corrected chi connectivity index (χ0v) is 19.4. The molecule has 8 nitrogen and oxygen atoms in total. The number of aromatic nitrogens is 4. The Morgan fingerprint density at radius 1 is 1.03 bits per heavy atom. The number of aryl methyl sites for hydroxylation is 1. The van der Waals surface area contributed by atoms with E-state index in [4.69, 9.17) is 0 Å². The van der Waals surface area contributed by atoms with Crippen LogP contribution in [0.4, 0.5) is 5.69 Å². The number of nitro groups is 1. The molecule has 2 heterocycles. The first-order valence-electron chi connectivity index (χ1n) is 10.7. The second-order valence-electron chi connectivity index (χ2n) is 7.81. The lowest BCUT2D eigenvalue weighted by Gasteiger charge is -2.05. The van der Waals surface area contributed by atoms with Crippen molar-refractivity contribution in [2.24, 2.45) is 0 Å². The van der Waals surface area contributed by atoms with E-state index in [9.17, 15) is 14.9 Å². The van der Waals surface area contributed by atoms with E-state index in [1.54, 1.807) is 29.0 Å². The Kier molecular flexibility index (Phi) is 5.99. The minimum Gasteiger partial charge on any atom is -0.306 e. The minimum atomic E-state index is -0.390. The van der Waals surface area contributed by atoms with Crippen LogP contribution in [0.15, 0.2) is 93.6 Å². The van der Waals surface area contributed by atoms with Crippen LogP contribution in [0.2, 0.25) is 0 Å². The molecule has 0 unspecified atom stereocenters. The molecule has 9 heteroatoms. The summed E-state index contributed by atoms with van der Waals surface area (Å²) in [5.74, 6) is 0.320. The molecule has 2 aromatic heterocycles. The van der Waals surface area contributed by atoms with Gasteiger partial charge in [0.2, 0.25) is 0 Å². The summed E-state index contributed by atoms with van der Waals surface area (Å²) in [4.78, 5) is 32.6. The van der Waals surface area contributed by atoms with Gasteiger partial charge in [-0.2, -0.15) is 5.10 Å². The van der Waals surface area contributed by atoms with Crippen molar-refractivity contribution < 1.29 is 4.92 Å². The van der Waals surface area contributed by atoms with Crippen LogP contribution in [-0.2, 0) is 0 Å². The molecule has 0 atom stereocenters. The van der Waals surface area contributed by atoms with Gasteiger partial charge in [-0.05, 0) is 48.9 Å². The van der Waals surface area contributed by atoms with Crippen LogP contribution in [0, 0.1) is 17.0 Å². The maximum atomic E-state index is 12.6. The van der Waals surface area contributed by atoms with Gasteiger partial charge in [-0.1, -0.05) is 59.8 Å². The largest absolute Gasteiger partial charge is 0.306 e. The van der Waals surface area contributed by atoms with E-state index in [0.29, 0.717) is 27.3 Å². The van der Waals surface area contributed by atoms with Gasteiger partial charge in [-0.15, -0.1) is 0 Å². The highest BCUT2D eigenvalue weighted by atomic mass is 32.2. The Hall–Kier alpha value is -4.50. The lowest BCUT2D eigenvalue weighted by atomic mass is 10.2. The third-order valence-corrected chi connectivity index (χ3v) is 6.39. The van der Waals surface area contributed by atoms with Crippen LogP contribution in [0.25, 0.3) is 28.9 Å². The van der Waals surface area contributed by atoms with E-state index in [1.807, 2.05) is 61.5 Å². The summed E-state index contributed by atoms with van der Waals surface area (Å²) in [5, 5.41) is 16.4. The van der Waals surface area contributed by atoms with E-state index >= 15 is 0 Å². The zero-order chi connectivity index (χ0) is 24.4. The van der Waals surface area contributed by atoms with E-state index < -0.39 is 4.92 Å². The van der Waals surface area contributed by atoms with Crippen molar-refractivity contribution in [3.05, 3.63) is 116 Å². The molecule has 172 valence electrons. The molecule has 0 bridgehead atoms. The highest BCUT2D eigenvalue weighted by molar-refractivity contribution is 7.99. The lowest BCUT2D eigenvalue weighted by Crippen LogP contribution is -2.10. The molecule has 0 aliphatic heterocycles. The number of nitrogens with one attached hydrogen (secondary N) is 1. The maximum absolute atomic E-state index is 12.6. The average molecular weight is 482 g/mol. The smallest absolute Gasteiger partial charge is 0.283 e. The second kappa shape index (κ2) is 9.40. The van der Waals surface area contributed by atoms with Crippen LogP contribution in [0.3, 0.4) is 0 Å². The molecule has 5 aromatic rings. The number of rotatable bonds is 6. The number of fused-ring (bicyclic) bond motifs is 1. The molecule has 0 aliphatic rings. The molecule has 5 rings (SSSR count). The standard InChI is InChI=1S/C26H19N5O3S/c1-17-7-11-20(12-8-17)35-23-13-9-18(15-22(23)31(33)34)10-14-24-28-25-21(26(32)29-24)16-27-30(25)19-5-3-2-4-6-19/h2-16H,1H3,(H,28,29,32)/b14-10+. The Balaban J connectivity index is 1.46. The molecule has 35 heavy (non-hydrogen) atoms. The average Bonchev–Trinajstić information content (AvgIpc) is 3.30. The van der Waals surface area contributed by atoms with Crippen molar-refractivity contribution in [1.29, 1.82) is 0 Å². The Morgan fingerprint density at radius 3 is 2.54 bits per heavy atom. The monoisotopic (exact) mass is 481 g/mol. The summed E-state index contributed by atoms with van der Waals surface area (Å²) < 4.78 is 1.60. The van der Waals surface area contributed by atoms with E-state index in [-0.39, 0.29) is 11.2 Å². The van der Waals surface area contributed by atoms with Gasteiger partial charge in [0.1, 0.15) is 11.2 Å². The van der Waals surface area contributed by atoms with Gasteiger partial charge in [0.25, 0.3) is 11.2 Å². The lowest BCUT2D eigenvalue weighted by molar-refractivity contribution is -0.387. The number of hydrogen-bond acceptors (Lipinski definition) is 6. The summed E-state index contributed by atoms with van der Waals surface area (Å²) in [5.41, 5.74) is 2.65. The number of nitro benzene ring substituents is 1. The van der Waals surface area contributed by atoms with Gasteiger partial charge in [0, 0.05) is 11.0 Å². The van der Waals surface area contributed by atoms with Crippen LogP contribution in [0.5, 0.6) is 0 Å². The van der Waals surface area contributed by atoms with Gasteiger partial charge in [-0.3, -0.25) is 14.9 Å². The SMILES string of the molecule is Cc1ccc(Sc2ccc(/C=C/c3nc4c(cnn4-c4ccccc4)c(=O)[nH]3)cc2[N+](=O)[O-])cc1. The summed E-state index contributed by atoms with van der Waals surface area (Å²) in [6, 6.07) is 22.3. The van der Waals surface area contributed by atoms with Gasteiger partial charge < -0.3 is 4.98 Å². The number of aromatic amines is 1. The predicted molar refractivity (Wildman–Crippen MR) is 137 cm³/mol. The summed E-state index contributed by atoms with van der Waals surface area (Å²) in [7, 11) is 0. The van der Waals surface area contributed by atoms with Gasteiger partial charge in [0.15, 0.2) is 5.65 Å². The number of hydrogen-bond donors (Lipinski definition) is 1. The molecular weight excluding hydrogens is 462 g/mol. The van der Waals surface area contributed by atoms with E-state index in [2.05, 4.69) is 15.1 Å². The third kappa shape index (κ3) is 4.75. The third-order valence-electron chi connectivity index (χ3n) is 5.32. The van der Waals surface area contributed by atoms with Crippen molar-refractivity contribution in [1.82, 2.24) is 19.7 Å². The number of para-hydroxylation sites is 1. The van der Waals surface area contributed by atoms with E-state index in [0.717, 1.165) is 16.1 Å². The quantitative estimate of drug-likeness (QED) is 0.248. The molecule has 0 saturated heterocycles. The fourth-order valence-corrected chi connectivity index (χ4v) is 4.45. The van der Waals surface area contributed by atoms with Crippen LogP contribution in [0.1, 0.15) is 17.0 Å². The maximum Gasteiger partial charge on any atom is 0.283 e.